The van der Waals surface area contributed by atoms with E-state index in [1.807, 2.05) is 4.72 Å². The predicted octanol–water partition coefficient (Wildman–Crippen LogP) is 0.0389. The molecule has 1 atom stereocenters. The normalized spacial score (nSPS) is 13.3. The average Bonchev–Trinajstić information content (AvgIpc) is 2.25. The van der Waals surface area contributed by atoms with Gasteiger partial charge >= 0.3 is 11.9 Å². The highest BCUT2D eigenvalue weighted by atomic mass is 32.2. The molecule has 0 unspecified atom stereocenters. The molecule has 0 radical (unpaired) electrons. The number of ether oxygens (including phenoxy) is 1. The Balaban J connectivity index is 4.34. The van der Waals surface area contributed by atoms with Crippen LogP contribution in [-0.4, -0.2) is 55.1 Å². The largest absolute Gasteiger partial charge is 0.481 e. The molecule has 0 bridgehead atoms. The molecule has 0 spiro atoms. The molecule has 3 N–H and O–H groups in total. The van der Waals surface area contributed by atoms with E-state index in [0.717, 1.165) is 0 Å². The Hall–Kier alpha value is -1.19. The van der Waals surface area contributed by atoms with Crippen LogP contribution < -0.4 is 4.72 Å². The molecule has 0 heterocycles. The molecule has 0 aromatic heterocycles. The quantitative estimate of drug-likeness (QED) is 0.491. The van der Waals surface area contributed by atoms with Gasteiger partial charge in [-0.1, -0.05) is 0 Å². The second kappa shape index (κ2) is 8.88. The molecule has 9 heteroatoms. The summed E-state index contributed by atoms with van der Waals surface area (Å²) in [7, 11) is -3.78. The molecule has 0 aliphatic heterocycles. The van der Waals surface area contributed by atoms with E-state index in [-0.39, 0.29) is 37.7 Å². The highest BCUT2D eigenvalue weighted by Crippen LogP contribution is 2.04. The average molecular weight is 311 g/mol. The van der Waals surface area contributed by atoms with E-state index in [1.165, 1.54) is 0 Å². The van der Waals surface area contributed by atoms with Crippen molar-refractivity contribution in [1.82, 2.24) is 4.72 Å². The van der Waals surface area contributed by atoms with E-state index in [9.17, 15) is 18.0 Å². The van der Waals surface area contributed by atoms with Crippen molar-refractivity contribution in [1.29, 1.82) is 0 Å². The van der Waals surface area contributed by atoms with E-state index < -0.39 is 28.0 Å². The summed E-state index contributed by atoms with van der Waals surface area (Å²) in [6.45, 7) is 3.48. The minimum atomic E-state index is -3.78. The fourth-order valence-electron chi connectivity index (χ4n) is 1.36. The number of carbonyl (C=O) groups is 2. The number of rotatable bonds is 11. The molecular weight excluding hydrogens is 290 g/mol. The lowest BCUT2D eigenvalue weighted by molar-refractivity contribution is -0.140. The van der Waals surface area contributed by atoms with Gasteiger partial charge in [-0.25, -0.2) is 13.1 Å². The van der Waals surface area contributed by atoms with Crippen LogP contribution in [0.15, 0.2) is 0 Å². The standard InChI is InChI=1S/C11H21NO7S/c1-8(2)19-6-7-20(17,18)12-9(11(15)16)4-3-5-10(13)14/h8-9,12H,3-7H2,1-2H3,(H,13,14)(H,15,16)/t9-/m1/s1. The highest BCUT2D eigenvalue weighted by molar-refractivity contribution is 7.89. The fourth-order valence-corrected chi connectivity index (χ4v) is 2.45. The molecule has 0 saturated heterocycles. The van der Waals surface area contributed by atoms with Crippen LogP contribution in [-0.2, 0) is 24.3 Å². The molecular formula is C11H21NO7S. The maximum Gasteiger partial charge on any atom is 0.321 e. The number of carboxylic acid groups (broad SMARTS) is 2. The number of aliphatic carboxylic acids is 2. The lowest BCUT2D eigenvalue weighted by atomic mass is 10.1. The van der Waals surface area contributed by atoms with Crippen molar-refractivity contribution in [3.8, 4) is 0 Å². The first kappa shape index (κ1) is 18.8. The zero-order chi connectivity index (χ0) is 15.8. The predicted molar refractivity (Wildman–Crippen MR) is 70.9 cm³/mol. The van der Waals surface area contributed by atoms with Gasteiger partial charge in [0.15, 0.2) is 0 Å². The molecule has 0 aliphatic carbocycles. The third kappa shape index (κ3) is 9.70. The summed E-state index contributed by atoms with van der Waals surface area (Å²) in [6, 6.07) is -1.32. The van der Waals surface area contributed by atoms with Crippen LogP contribution in [0.5, 0.6) is 0 Å². The Morgan fingerprint density at radius 3 is 2.30 bits per heavy atom. The molecule has 0 fully saturated rings. The first-order valence-corrected chi connectivity index (χ1v) is 7.85. The SMILES string of the molecule is CC(C)OCCS(=O)(=O)N[C@H](CCCC(=O)O)C(=O)O. The van der Waals surface area contributed by atoms with Crippen LogP contribution in [0.2, 0.25) is 0 Å². The van der Waals surface area contributed by atoms with Crippen LogP contribution in [0.3, 0.4) is 0 Å². The van der Waals surface area contributed by atoms with Gasteiger partial charge in [0.05, 0.1) is 18.5 Å². The number of sulfonamides is 1. The highest BCUT2D eigenvalue weighted by Gasteiger charge is 2.23. The first-order chi connectivity index (χ1) is 9.14. The van der Waals surface area contributed by atoms with Crippen LogP contribution in [0.25, 0.3) is 0 Å². The van der Waals surface area contributed by atoms with Crippen LogP contribution in [0, 0.1) is 0 Å². The summed E-state index contributed by atoms with van der Waals surface area (Å²) in [5.41, 5.74) is 0. The topological polar surface area (TPSA) is 130 Å². The van der Waals surface area contributed by atoms with Crippen molar-refractivity contribution >= 4 is 22.0 Å². The van der Waals surface area contributed by atoms with E-state index in [4.69, 9.17) is 14.9 Å². The number of nitrogens with one attached hydrogen (secondary N) is 1. The van der Waals surface area contributed by atoms with Gasteiger partial charge in [0.25, 0.3) is 0 Å². The number of hydrogen-bond acceptors (Lipinski definition) is 5. The molecule has 118 valence electrons. The number of carboxylic acids is 2. The van der Waals surface area contributed by atoms with Gasteiger partial charge in [-0.15, -0.1) is 0 Å². The van der Waals surface area contributed by atoms with Crippen LogP contribution in [0.4, 0.5) is 0 Å². The second-order valence-electron chi connectivity index (χ2n) is 4.53. The second-order valence-corrected chi connectivity index (χ2v) is 6.41. The summed E-state index contributed by atoms with van der Waals surface area (Å²) in [6.07, 6.45) is -0.318. The Labute approximate surface area is 118 Å². The lowest BCUT2D eigenvalue weighted by Gasteiger charge is -2.15. The van der Waals surface area contributed by atoms with Gasteiger partial charge in [0.2, 0.25) is 10.0 Å². The van der Waals surface area contributed by atoms with Crippen molar-refractivity contribution < 1.29 is 33.0 Å². The Kier molecular flexibility index (Phi) is 8.35. The van der Waals surface area contributed by atoms with Crippen molar-refractivity contribution in [2.75, 3.05) is 12.4 Å². The van der Waals surface area contributed by atoms with Crippen molar-refractivity contribution in [2.24, 2.45) is 0 Å². The molecule has 0 aromatic rings. The molecule has 20 heavy (non-hydrogen) atoms. The monoisotopic (exact) mass is 311 g/mol. The zero-order valence-electron chi connectivity index (χ0n) is 11.5. The molecule has 0 aromatic carbocycles. The van der Waals surface area contributed by atoms with Crippen molar-refractivity contribution in [3.63, 3.8) is 0 Å². The molecule has 0 amide bonds. The third-order valence-corrected chi connectivity index (χ3v) is 3.65. The molecule has 8 nitrogen and oxygen atoms in total. The van der Waals surface area contributed by atoms with Crippen LogP contribution in [0.1, 0.15) is 33.1 Å². The van der Waals surface area contributed by atoms with Gasteiger partial charge in [0.1, 0.15) is 6.04 Å². The lowest BCUT2D eigenvalue weighted by Crippen LogP contribution is -2.42. The van der Waals surface area contributed by atoms with Crippen molar-refractivity contribution in [3.05, 3.63) is 0 Å². The summed E-state index contributed by atoms with van der Waals surface area (Å²) < 4.78 is 30.4. The Bertz CT molecular complexity index is 418. The van der Waals surface area contributed by atoms with Crippen LogP contribution >= 0.6 is 0 Å². The minimum Gasteiger partial charge on any atom is -0.481 e. The van der Waals surface area contributed by atoms with Gasteiger partial charge in [0, 0.05) is 6.42 Å². The molecule has 0 saturated carbocycles. The van der Waals surface area contributed by atoms with Gasteiger partial charge in [-0.05, 0) is 26.7 Å². The Morgan fingerprint density at radius 2 is 1.85 bits per heavy atom. The number of hydrogen-bond donors (Lipinski definition) is 3. The third-order valence-electron chi connectivity index (χ3n) is 2.31. The zero-order valence-corrected chi connectivity index (χ0v) is 12.4. The maximum absolute atomic E-state index is 11.7. The minimum absolute atomic E-state index is 0.0333. The van der Waals surface area contributed by atoms with E-state index in [0.29, 0.717) is 0 Å². The summed E-state index contributed by atoms with van der Waals surface area (Å²) >= 11 is 0. The maximum atomic E-state index is 11.7. The van der Waals surface area contributed by atoms with E-state index in [1.54, 1.807) is 13.8 Å². The molecule has 0 rings (SSSR count). The summed E-state index contributed by atoms with van der Waals surface area (Å²) in [5, 5.41) is 17.4. The Morgan fingerprint density at radius 1 is 1.25 bits per heavy atom. The summed E-state index contributed by atoms with van der Waals surface area (Å²) in [5.74, 6) is -2.72. The van der Waals surface area contributed by atoms with E-state index >= 15 is 0 Å². The summed E-state index contributed by atoms with van der Waals surface area (Å²) in [4.78, 5) is 21.3. The van der Waals surface area contributed by atoms with Gasteiger partial charge in [-0.2, -0.15) is 0 Å². The first-order valence-electron chi connectivity index (χ1n) is 6.20. The molecule has 0 aliphatic rings. The van der Waals surface area contributed by atoms with Gasteiger partial charge in [-0.3, -0.25) is 9.59 Å². The van der Waals surface area contributed by atoms with E-state index in [2.05, 4.69) is 0 Å². The van der Waals surface area contributed by atoms with Crippen molar-refractivity contribution in [2.45, 2.75) is 45.3 Å². The fraction of sp³-hybridized carbons (Fsp3) is 0.818. The van der Waals surface area contributed by atoms with Gasteiger partial charge < -0.3 is 14.9 Å². The smallest absolute Gasteiger partial charge is 0.321 e.